The van der Waals surface area contributed by atoms with E-state index in [1.807, 2.05) is 23.4 Å². The maximum atomic E-state index is 13.1. The molecule has 0 radical (unpaired) electrons. The first kappa shape index (κ1) is 17.8. The number of piperidine rings is 1. The Morgan fingerprint density at radius 1 is 1.33 bits per heavy atom. The minimum atomic E-state index is -0.0323. The van der Waals surface area contributed by atoms with Crippen LogP contribution in [0.2, 0.25) is 0 Å². The van der Waals surface area contributed by atoms with Gasteiger partial charge in [-0.3, -0.25) is 4.79 Å². The number of hydrogen-bond donors (Lipinski definition) is 0. The van der Waals surface area contributed by atoms with Crippen molar-refractivity contribution in [2.24, 2.45) is 0 Å². The van der Waals surface area contributed by atoms with E-state index in [-0.39, 0.29) is 24.2 Å². The van der Waals surface area contributed by atoms with E-state index in [2.05, 4.69) is 10.3 Å². The Morgan fingerprint density at radius 3 is 2.96 bits per heavy atom. The number of amides is 1. The number of carbonyl (C=O) groups excluding carboxylic acids is 1. The SMILES string of the molecule is COc1cc(C(=O)N2CC[C@@H]3OCc4cnnn4[C@@H]3C2)ccc1OC(C)C. The zero-order valence-electron chi connectivity index (χ0n) is 15.8. The van der Waals surface area contributed by atoms with Gasteiger partial charge in [0, 0.05) is 18.7 Å². The number of benzene rings is 1. The number of nitrogens with zero attached hydrogens (tertiary/aromatic N) is 4. The molecule has 0 bridgehead atoms. The highest BCUT2D eigenvalue weighted by Crippen LogP contribution is 2.32. The molecule has 1 aromatic carbocycles. The van der Waals surface area contributed by atoms with Crippen molar-refractivity contribution in [1.82, 2.24) is 19.9 Å². The van der Waals surface area contributed by atoms with Crippen LogP contribution in [0.15, 0.2) is 24.4 Å². The van der Waals surface area contributed by atoms with Gasteiger partial charge in [0.2, 0.25) is 0 Å². The minimum absolute atomic E-state index is 0.000562. The molecule has 2 aliphatic rings. The van der Waals surface area contributed by atoms with E-state index in [4.69, 9.17) is 14.2 Å². The third-order valence-electron chi connectivity index (χ3n) is 4.99. The van der Waals surface area contributed by atoms with Gasteiger partial charge >= 0.3 is 0 Å². The molecule has 4 rings (SSSR count). The molecule has 0 aliphatic carbocycles. The molecule has 2 atom stereocenters. The summed E-state index contributed by atoms with van der Waals surface area (Å²) in [6, 6.07) is 5.31. The van der Waals surface area contributed by atoms with E-state index < -0.39 is 0 Å². The first-order valence-corrected chi connectivity index (χ1v) is 9.21. The van der Waals surface area contributed by atoms with Crippen LogP contribution >= 0.6 is 0 Å². The van der Waals surface area contributed by atoms with Crippen molar-refractivity contribution in [2.45, 2.75) is 45.1 Å². The second-order valence-corrected chi connectivity index (χ2v) is 7.16. The predicted molar refractivity (Wildman–Crippen MR) is 96.9 cm³/mol. The summed E-state index contributed by atoms with van der Waals surface area (Å²) >= 11 is 0. The molecular formula is C19H24N4O4. The van der Waals surface area contributed by atoms with Crippen LogP contribution in [0.3, 0.4) is 0 Å². The molecule has 0 saturated carbocycles. The van der Waals surface area contributed by atoms with Crippen molar-refractivity contribution in [3.05, 3.63) is 35.7 Å². The predicted octanol–water partition coefficient (Wildman–Crippen LogP) is 2.06. The number of hydrogen-bond acceptors (Lipinski definition) is 6. The molecule has 0 spiro atoms. The van der Waals surface area contributed by atoms with E-state index in [0.29, 0.717) is 36.8 Å². The number of fused-ring (bicyclic) bond motifs is 3. The zero-order chi connectivity index (χ0) is 19.0. The maximum Gasteiger partial charge on any atom is 0.254 e. The lowest BCUT2D eigenvalue weighted by atomic mass is 9.99. The molecule has 0 N–H and O–H groups in total. The summed E-state index contributed by atoms with van der Waals surface area (Å²) in [7, 11) is 1.58. The molecular weight excluding hydrogens is 348 g/mol. The molecule has 1 saturated heterocycles. The van der Waals surface area contributed by atoms with Crippen LogP contribution in [0.25, 0.3) is 0 Å². The van der Waals surface area contributed by atoms with Crippen molar-refractivity contribution >= 4 is 5.91 Å². The highest BCUT2D eigenvalue weighted by Gasteiger charge is 2.38. The Labute approximate surface area is 158 Å². The Kier molecular flexibility index (Phi) is 4.73. The van der Waals surface area contributed by atoms with Crippen LogP contribution in [-0.2, 0) is 11.3 Å². The van der Waals surface area contributed by atoms with Gasteiger partial charge in [0.15, 0.2) is 11.5 Å². The van der Waals surface area contributed by atoms with Crippen LogP contribution in [0, 0.1) is 0 Å². The summed E-state index contributed by atoms with van der Waals surface area (Å²) in [6.45, 7) is 5.63. The van der Waals surface area contributed by atoms with E-state index in [1.54, 1.807) is 31.5 Å². The van der Waals surface area contributed by atoms with Gasteiger partial charge in [0.25, 0.3) is 5.91 Å². The smallest absolute Gasteiger partial charge is 0.254 e. The Bertz CT molecular complexity index is 835. The topological polar surface area (TPSA) is 78.7 Å². The second-order valence-electron chi connectivity index (χ2n) is 7.16. The van der Waals surface area contributed by atoms with Crippen LogP contribution < -0.4 is 9.47 Å². The Morgan fingerprint density at radius 2 is 2.19 bits per heavy atom. The van der Waals surface area contributed by atoms with E-state index >= 15 is 0 Å². The second kappa shape index (κ2) is 7.19. The number of aromatic nitrogens is 3. The monoisotopic (exact) mass is 372 g/mol. The van der Waals surface area contributed by atoms with Gasteiger partial charge in [0.05, 0.1) is 43.9 Å². The number of methoxy groups -OCH3 is 1. The highest BCUT2D eigenvalue weighted by molar-refractivity contribution is 5.95. The molecule has 8 heteroatoms. The summed E-state index contributed by atoms with van der Waals surface area (Å²) in [4.78, 5) is 14.9. The van der Waals surface area contributed by atoms with Crippen LogP contribution in [-0.4, -0.2) is 58.2 Å². The molecule has 144 valence electrons. The molecule has 2 aromatic rings. The fourth-order valence-corrected chi connectivity index (χ4v) is 3.70. The van der Waals surface area contributed by atoms with Gasteiger partial charge in [-0.15, -0.1) is 5.10 Å². The summed E-state index contributed by atoms with van der Waals surface area (Å²) in [5.74, 6) is 1.16. The molecule has 1 amide bonds. The van der Waals surface area contributed by atoms with Gasteiger partial charge in [-0.1, -0.05) is 5.21 Å². The van der Waals surface area contributed by atoms with Crippen molar-refractivity contribution in [3.8, 4) is 11.5 Å². The van der Waals surface area contributed by atoms with Gasteiger partial charge in [-0.25, -0.2) is 4.68 Å². The third-order valence-corrected chi connectivity index (χ3v) is 4.99. The van der Waals surface area contributed by atoms with Crippen LogP contribution in [0.5, 0.6) is 11.5 Å². The minimum Gasteiger partial charge on any atom is -0.493 e. The molecule has 27 heavy (non-hydrogen) atoms. The largest absolute Gasteiger partial charge is 0.493 e. The third kappa shape index (κ3) is 3.37. The van der Waals surface area contributed by atoms with Gasteiger partial charge in [0.1, 0.15) is 0 Å². The van der Waals surface area contributed by atoms with Crippen molar-refractivity contribution in [3.63, 3.8) is 0 Å². The number of rotatable bonds is 4. The molecule has 8 nitrogen and oxygen atoms in total. The van der Waals surface area contributed by atoms with E-state index in [1.165, 1.54) is 0 Å². The molecule has 1 aromatic heterocycles. The molecule has 2 aliphatic heterocycles. The van der Waals surface area contributed by atoms with Gasteiger partial charge in [-0.2, -0.15) is 0 Å². The van der Waals surface area contributed by atoms with E-state index in [9.17, 15) is 4.79 Å². The van der Waals surface area contributed by atoms with Crippen LogP contribution in [0.1, 0.15) is 42.4 Å². The lowest BCUT2D eigenvalue weighted by Crippen LogP contribution is -2.49. The number of likely N-dealkylation sites (tertiary alicyclic amines) is 1. The summed E-state index contributed by atoms with van der Waals surface area (Å²) < 4.78 is 19.0. The Balaban J connectivity index is 1.54. The van der Waals surface area contributed by atoms with Crippen molar-refractivity contribution in [2.75, 3.05) is 20.2 Å². The average Bonchev–Trinajstić information content (AvgIpc) is 3.16. The summed E-state index contributed by atoms with van der Waals surface area (Å²) in [5.41, 5.74) is 1.53. The first-order chi connectivity index (χ1) is 13.1. The quantitative estimate of drug-likeness (QED) is 0.817. The highest BCUT2D eigenvalue weighted by atomic mass is 16.5. The van der Waals surface area contributed by atoms with Crippen molar-refractivity contribution in [1.29, 1.82) is 0 Å². The number of carbonyl (C=O) groups is 1. The normalized spacial score (nSPS) is 21.6. The fourth-order valence-electron chi connectivity index (χ4n) is 3.70. The molecule has 3 heterocycles. The van der Waals surface area contributed by atoms with Gasteiger partial charge in [-0.05, 0) is 38.5 Å². The maximum absolute atomic E-state index is 13.1. The lowest BCUT2D eigenvalue weighted by molar-refractivity contribution is -0.0605. The van der Waals surface area contributed by atoms with Gasteiger partial charge < -0.3 is 19.1 Å². The first-order valence-electron chi connectivity index (χ1n) is 9.21. The standard InChI is InChI=1S/C19H24N4O4/c1-12(2)27-17-5-4-13(8-18(17)25-3)19(24)22-7-6-16-15(10-22)23-14(11-26-16)9-20-21-23/h4-5,8-9,12,15-16H,6-7,10-11H2,1-3H3/t15-,16+/m1/s1. The Hall–Kier alpha value is -2.61. The summed E-state index contributed by atoms with van der Waals surface area (Å²) in [5, 5.41) is 8.16. The van der Waals surface area contributed by atoms with Crippen molar-refractivity contribution < 1.29 is 19.0 Å². The fraction of sp³-hybridized carbons (Fsp3) is 0.526. The average molecular weight is 372 g/mol. The zero-order valence-corrected chi connectivity index (χ0v) is 15.8. The lowest BCUT2D eigenvalue weighted by Gasteiger charge is -2.41. The van der Waals surface area contributed by atoms with Crippen LogP contribution in [0.4, 0.5) is 0 Å². The number of ether oxygens (including phenoxy) is 3. The van der Waals surface area contributed by atoms with E-state index in [0.717, 1.165) is 12.1 Å². The summed E-state index contributed by atoms with van der Waals surface area (Å²) in [6.07, 6.45) is 2.60. The molecule has 1 fully saturated rings. The molecule has 0 unspecified atom stereocenters.